The van der Waals surface area contributed by atoms with E-state index in [2.05, 4.69) is 28.1 Å². The molecule has 1 heterocycles. The van der Waals surface area contributed by atoms with E-state index in [1.54, 1.807) is 0 Å². The smallest absolute Gasteiger partial charge is 0.205 e. The molecule has 14 heavy (non-hydrogen) atoms. The van der Waals surface area contributed by atoms with E-state index in [0.717, 1.165) is 24.0 Å². The topological polar surface area (TPSA) is 55.0 Å². The first-order valence-electron chi connectivity index (χ1n) is 4.92. The molecule has 1 atom stereocenters. The first-order valence-corrected chi connectivity index (χ1v) is 5.70. The third-order valence-corrected chi connectivity index (χ3v) is 2.97. The van der Waals surface area contributed by atoms with Gasteiger partial charge in [0, 0.05) is 24.6 Å². The summed E-state index contributed by atoms with van der Waals surface area (Å²) >= 11 is 1.46. The van der Waals surface area contributed by atoms with Crippen LogP contribution >= 0.6 is 11.5 Å². The molecule has 0 fully saturated rings. The highest BCUT2D eigenvalue weighted by atomic mass is 32.1. The molecule has 0 aliphatic rings. The molecule has 0 saturated heterocycles. The summed E-state index contributed by atoms with van der Waals surface area (Å²) < 4.78 is 4.18. The maximum atomic E-state index is 5.60. The number of nitrogens with zero attached hydrogens (tertiary/aromatic N) is 3. The van der Waals surface area contributed by atoms with Crippen LogP contribution in [0.25, 0.3) is 0 Å². The molecule has 1 aromatic heterocycles. The molecular formula is C9H18N4S. The van der Waals surface area contributed by atoms with E-state index < -0.39 is 0 Å². The van der Waals surface area contributed by atoms with Gasteiger partial charge in [0.1, 0.15) is 5.82 Å². The van der Waals surface area contributed by atoms with Crippen LogP contribution in [0.2, 0.25) is 0 Å². The minimum atomic E-state index is 0.499. The zero-order valence-corrected chi connectivity index (χ0v) is 9.84. The molecule has 0 aromatic carbocycles. The van der Waals surface area contributed by atoms with Gasteiger partial charge in [0.2, 0.25) is 5.13 Å². The quantitative estimate of drug-likeness (QED) is 0.802. The molecule has 1 rings (SSSR count). The van der Waals surface area contributed by atoms with Gasteiger partial charge in [-0.05, 0) is 26.3 Å². The van der Waals surface area contributed by atoms with Crippen LogP contribution in [0.15, 0.2) is 0 Å². The van der Waals surface area contributed by atoms with E-state index in [1.165, 1.54) is 11.5 Å². The van der Waals surface area contributed by atoms with Gasteiger partial charge in [-0.15, -0.1) is 0 Å². The second-order valence-corrected chi connectivity index (χ2v) is 4.23. The SMILES string of the molecule is CCN(CC(C)CN)c1nc(C)ns1. The number of hydrogen-bond acceptors (Lipinski definition) is 5. The molecule has 0 bridgehead atoms. The maximum absolute atomic E-state index is 5.60. The van der Waals surface area contributed by atoms with Gasteiger partial charge in [0.05, 0.1) is 0 Å². The lowest BCUT2D eigenvalue weighted by Gasteiger charge is -2.22. The molecule has 2 N–H and O–H groups in total. The molecule has 0 aliphatic heterocycles. The molecular weight excluding hydrogens is 196 g/mol. The van der Waals surface area contributed by atoms with Gasteiger partial charge in [-0.3, -0.25) is 0 Å². The van der Waals surface area contributed by atoms with Crippen molar-refractivity contribution in [2.24, 2.45) is 11.7 Å². The van der Waals surface area contributed by atoms with Crippen LogP contribution in [0.3, 0.4) is 0 Å². The summed E-state index contributed by atoms with van der Waals surface area (Å²) in [6.45, 7) is 8.83. The van der Waals surface area contributed by atoms with Crippen molar-refractivity contribution in [3.05, 3.63) is 5.82 Å². The van der Waals surface area contributed by atoms with Crippen molar-refractivity contribution >= 4 is 16.7 Å². The maximum Gasteiger partial charge on any atom is 0.205 e. The van der Waals surface area contributed by atoms with Gasteiger partial charge in [-0.1, -0.05) is 6.92 Å². The Bertz CT molecular complexity index is 274. The molecule has 0 spiro atoms. The van der Waals surface area contributed by atoms with Crippen molar-refractivity contribution in [3.8, 4) is 0 Å². The average molecular weight is 214 g/mol. The van der Waals surface area contributed by atoms with Crippen molar-refractivity contribution in [2.75, 3.05) is 24.5 Å². The number of aromatic nitrogens is 2. The number of aryl methyl sites for hydroxylation is 1. The summed E-state index contributed by atoms with van der Waals surface area (Å²) in [5.74, 6) is 1.35. The normalized spacial score (nSPS) is 12.9. The fourth-order valence-corrected chi connectivity index (χ4v) is 1.95. The Morgan fingerprint density at radius 3 is 2.71 bits per heavy atom. The van der Waals surface area contributed by atoms with Crippen molar-refractivity contribution in [2.45, 2.75) is 20.8 Å². The molecule has 0 aliphatic carbocycles. The summed E-state index contributed by atoms with van der Waals surface area (Å²) in [6, 6.07) is 0. The lowest BCUT2D eigenvalue weighted by atomic mass is 10.2. The zero-order valence-electron chi connectivity index (χ0n) is 9.03. The molecule has 0 radical (unpaired) electrons. The number of anilines is 1. The minimum absolute atomic E-state index is 0.499. The van der Waals surface area contributed by atoms with Crippen LogP contribution in [0.4, 0.5) is 5.13 Å². The Labute approximate surface area is 89.3 Å². The van der Waals surface area contributed by atoms with E-state index in [1.807, 2.05) is 6.92 Å². The van der Waals surface area contributed by atoms with Crippen molar-refractivity contribution in [1.82, 2.24) is 9.36 Å². The molecule has 0 amide bonds. The molecule has 4 nitrogen and oxygen atoms in total. The van der Waals surface area contributed by atoms with Gasteiger partial charge in [0.25, 0.3) is 0 Å². The van der Waals surface area contributed by atoms with Crippen molar-refractivity contribution < 1.29 is 0 Å². The highest BCUT2D eigenvalue weighted by Crippen LogP contribution is 2.17. The van der Waals surface area contributed by atoms with Gasteiger partial charge in [-0.2, -0.15) is 4.37 Å². The van der Waals surface area contributed by atoms with Crippen LogP contribution < -0.4 is 10.6 Å². The molecule has 1 aromatic rings. The van der Waals surface area contributed by atoms with Crippen molar-refractivity contribution in [1.29, 1.82) is 0 Å². The van der Waals surface area contributed by atoms with Crippen LogP contribution in [0.5, 0.6) is 0 Å². The van der Waals surface area contributed by atoms with E-state index in [-0.39, 0.29) is 0 Å². The molecule has 0 saturated carbocycles. The number of nitrogens with two attached hydrogens (primary N) is 1. The number of hydrogen-bond donors (Lipinski definition) is 1. The van der Waals surface area contributed by atoms with E-state index in [4.69, 9.17) is 5.73 Å². The largest absolute Gasteiger partial charge is 0.347 e. The fourth-order valence-electron chi connectivity index (χ4n) is 1.21. The predicted molar refractivity (Wildman–Crippen MR) is 60.8 cm³/mol. The average Bonchev–Trinajstić information content (AvgIpc) is 2.60. The Balaban J connectivity index is 2.62. The van der Waals surface area contributed by atoms with Crippen LogP contribution in [-0.2, 0) is 0 Å². The van der Waals surface area contributed by atoms with Gasteiger partial charge >= 0.3 is 0 Å². The lowest BCUT2D eigenvalue weighted by molar-refractivity contribution is 0.575. The van der Waals surface area contributed by atoms with Gasteiger partial charge in [0.15, 0.2) is 0 Å². The van der Waals surface area contributed by atoms with E-state index in [0.29, 0.717) is 12.5 Å². The summed E-state index contributed by atoms with van der Waals surface area (Å²) in [7, 11) is 0. The predicted octanol–water partition coefficient (Wildman–Crippen LogP) is 1.27. The first kappa shape index (κ1) is 11.4. The number of rotatable bonds is 5. The molecule has 1 unspecified atom stereocenters. The highest BCUT2D eigenvalue weighted by molar-refractivity contribution is 7.09. The Hall–Kier alpha value is -0.680. The summed E-state index contributed by atoms with van der Waals surface area (Å²) in [6.07, 6.45) is 0. The zero-order chi connectivity index (χ0) is 10.6. The van der Waals surface area contributed by atoms with E-state index >= 15 is 0 Å². The van der Waals surface area contributed by atoms with Crippen LogP contribution in [0.1, 0.15) is 19.7 Å². The summed E-state index contributed by atoms with van der Waals surface area (Å²) in [4.78, 5) is 6.59. The van der Waals surface area contributed by atoms with Gasteiger partial charge < -0.3 is 10.6 Å². The highest BCUT2D eigenvalue weighted by Gasteiger charge is 2.11. The van der Waals surface area contributed by atoms with Crippen LogP contribution in [-0.4, -0.2) is 29.0 Å². The third-order valence-electron chi connectivity index (χ3n) is 2.10. The summed E-state index contributed by atoms with van der Waals surface area (Å²) in [5, 5.41) is 1.00. The standard InChI is InChI=1S/C9H18N4S/c1-4-13(6-7(2)5-10)9-11-8(3)12-14-9/h7H,4-6,10H2,1-3H3. The monoisotopic (exact) mass is 214 g/mol. The Morgan fingerprint density at radius 1 is 1.57 bits per heavy atom. The minimum Gasteiger partial charge on any atom is -0.347 e. The fraction of sp³-hybridized carbons (Fsp3) is 0.778. The van der Waals surface area contributed by atoms with Crippen molar-refractivity contribution in [3.63, 3.8) is 0 Å². The molecule has 5 heteroatoms. The second kappa shape index (κ2) is 5.26. The van der Waals surface area contributed by atoms with Crippen LogP contribution in [0, 0.1) is 12.8 Å². The van der Waals surface area contributed by atoms with E-state index in [9.17, 15) is 0 Å². The Morgan fingerprint density at radius 2 is 2.29 bits per heavy atom. The lowest BCUT2D eigenvalue weighted by Crippen LogP contribution is -2.31. The third kappa shape index (κ3) is 2.92. The first-order chi connectivity index (χ1) is 6.67. The van der Waals surface area contributed by atoms with Gasteiger partial charge in [-0.25, -0.2) is 4.98 Å². The second-order valence-electron chi connectivity index (χ2n) is 3.50. The Kier molecular flexibility index (Phi) is 4.28. The summed E-state index contributed by atoms with van der Waals surface area (Å²) in [5.41, 5.74) is 5.60. The molecule has 80 valence electrons.